The van der Waals surface area contributed by atoms with Crippen LogP contribution in [0.15, 0.2) is 30.3 Å². The van der Waals surface area contributed by atoms with Crippen molar-refractivity contribution in [2.24, 2.45) is 0 Å². The van der Waals surface area contributed by atoms with Crippen molar-refractivity contribution in [1.82, 2.24) is 4.90 Å². The highest BCUT2D eigenvalue weighted by Gasteiger charge is 2.11. The molecule has 0 aliphatic rings. The standard InChI is InChI=1S/C14H19NO3/c1-3-18-14(17)9-10-15(12(2)16)11-13-7-5-4-6-8-13/h4-8H,3,9-11H2,1-2H3. The van der Waals surface area contributed by atoms with E-state index < -0.39 is 0 Å². The Morgan fingerprint density at radius 2 is 1.89 bits per heavy atom. The van der Waals surface area contributed by atoms with Gasteiger partial charge in [-0.05, 0) is 12.5 Å². The summed E-state index contributed by atoms with van der Waals surface area (Å²) in [7, 11) is 0. The molecule has 0 spiro atoms. The first kappa shape index (κ1) is 14.2. The molecule has 4 nitrogen and oxygen atoms in total. The molecule has 1 rings (SSSR count). The quantitative estimate of drug-likeness (QED) is 0.724. The molecule has 0 N–H and O–H groups in total. The largest absolute Gasteiger partial charge is 0.466 e. The molecule has 0 saturated carbocycles. The Bertz CT molecular complexity index is 389. The van der Waals surface area contributed by atoms with Gasteiger partial charge in [-0.2, -0.15) is 0 Å². The fourth-order valence-electron chi connectivity index (χ4n) is 1.61. The molecule has 1 amide bonds. The Kier molecular flexibility index (Phi) is 5.91. The number of hydrogen-bond donors (Lipinski definition) is 0. The lowest BCUT2D eigenvalue weighted by Crippen LogP contribution is -2.30. The molecule has 18 heavy (non-hydrogen) atoms. The van der Waals surface area contributed by atoms with E-state index in [2.05, 4.69) is 0 Å². The highest BCUT2D eigenvalue weighted by atomic mass is 16.5. The normalized spacial score (nSPS) is 9.89. The molecular formula is C14H19NO3. The monoisotopic (exact) mass is 249 g/mol. The van der Waals surface area contributed by atoms with Crippen LogP contribution in [-0.2, 0) is 20.9 Å². The lowest BCUT2D eigenvalue weighted by Gasteiger charge is -2.20. The van der Waals surface area contributed by atoms with Crippen LogP contribution >= 0.6 is 0 Å². The number of nitrogens with zero attached hydrogens (tertiary/aromatic N) is 1. The maximum Gasteiger partial charge on any atom is 0.307 e. The van der Waals surface area contributed by atoms with Crippen molar-refractivity contribution in [2.75, 3.05) is 13.2 Å². The van der Waals surface area contributed by atoms with Gasteiger partial charge in [-0.3, -0.25) is 9.59 Å². The Morgan fingerprint density at radius 3 is 2.44 bits per heavy atom. The molecule has 0 atom stereocenters. The summed E-state index contributed by atoms with van der Waals surface area (Å²) < 4.78 is 4.85. The first-order valence-electron chi connectivity index (χ1n) is 6.08. The summed E-state index contributed by atoms with van der Waals surface area (Å²) in [6, 6.07) is 9.71. The van der Waals surface area contributed by atoms with Crippen LogP contribution in [0.2, 0.25) is 0 Å². The number of hydrogen-bond acceptors (Lipinski definition) is 3. The van der Waals surface area contributed by atoms with Gasteiger partial charge in [0.2, 0.25) is 5.91 Å². The second-order valence-electron chi connectivity index (χ2n) is 3.98. The van der Waals surface area contributed by atoms with Gasteiger partial charge in [-0.1, -0.05) is 30.3 Å². The van der Waals surface area contributed by atoms with Crippen LogP contribution in [0.5, 0.6) is 0 Å². The zero-order chi connectivity index (χ0) is 13.4. The summed E-state index contributed by atoms with van der Waals surface area (Å²) in [4.78, 5) is 24.4. The van der Waals surface area contributed by atoms with Crippen molar-refractivity contribution in [3.63, 3.8) is 0 Å². The number of benzene rings is 1. The van der Waals surface area contributed by atoms with Gasteiger partial charge in [0.05, 0.1) is 13.0 Å². The molecule has 0 aromatic heterocycles. The SMILES string of the molecule is CCOC(=O)CCN(Cc1ccccc1)C(C)=O. The number of ether oxygens (including phenoxy) is 1. The van der Waals surface area contributed by atoms with Crippen LogP contribution < -0.4 is 0 Å². The predicted octanol–water partition coefficient (Wildman–Crippen LogP) is 1.99. The fraction of sp³-hybridized carbons (Fsp3) is 0.429. The van der Waals surface area contributed by atoms with Gasteiger partial charge in [0.1, 0.15) is 0 Å². The number of esters is 1. The molecule has 4 heteroatoms. The lowest BCUT2D eigenvalue weighted by molar-refractivity contribution is -0.144. The van der Waals surface area contributed by atoms with Gasteiger partial charge in [0.25, 0.3) is 0 Å². The molecule has 1 aromatic carbocycles. The van der Waals surface area contributed by atoms with Crippen LogP contribution in [-0.4, -0.2) is 29.9 Å². The topological polar surface area (TPSA) is 46.6 Å². The molecular weight excluding hydrogens is 230 g/mol. The summed E-state index contributed by atoms with van der Waals surface area (Å²) in [5.74, 6) is -0.306. The van der Waals surface area contributed by atoms with E-state index >= 15 is 0 Å². The van der Waals surface area contributed by atoms with Crippen molar-refractivity contribution in [3.8, 4) is 0 Å². The van der Waals surface area contributed by atoms with E-state index in [4.69, 9.17) is 4.74 Å². The van der Waals surface area contributed by atoms with E-state index in [1.807, 2.05) is 30.3 Å². The summed E-state index contributed by atoms with van der Waals surface area (Å²) in [5.41, 5.74) is 1.05. The molecule has 0 saturated heterocycles. The van der Waals surface area contributed by atoms with Crippen LogP contribution in [0, 0.1) is 0 Å². The maximum absolute atomic E-state index is 11.5. The molecule has 0 fully saturated rings. The van der Waals surface area contributed by atoms with E-state index in [1.54, 1.807) is 11.8 Å². The zero-order valence-corrected chi connectivity index (χ0v) is 10.9. The van der Waals surface area contributed by atoms with Crippen molar-refractivity contribution >= 4 is 11.9 Å². The third kappa shape index (κ3) is 4.99. The molecule has 0 heterocycles. The highest BCUT2D eigenvalue weighted by Crippen LogP contribution is 2.05. The molecule has 98 valence electrons. The van der Waals surface area contributed by atoms with Crippen molar-refractivity contribution in [1.29, 1.82) is 0 Å². The molecule has 0 radical (unpaired) electrons. The van der Waals surface area contributed by atoms with E-state index in [9.17, 15) is 9.59 Å². The van der Waals surface area contributed by atoms with E-state index in [0.29, 0.717) is 19.7 Å². The zero-order valence-electron chi connectivity index (χ0n) is 10.9. The van der Waals surface area contributed by atoms with Crippen molar-refractivity contribution < 1.29 is 14.3 Å². The highest BCUT2D eigenvalue weighted by molar-refractivity contribution is 5.75. The lowest BCUT2D eigenvalue weighted by atomic mass is 10.2. The van der Waals surface area contributed by atoms with Gasteiger partial charge in [0, 0.05) is 20.0 Å². The van der Waals surface area contributed by atoms with Gasteiger partial charge >= 0.3 is 5.97 Å². The average Bonchev–Trinajstić information content (AvgIpc) is 2.35. The minimum absolute atomic E-state index is 0.0387. The number of carbonyl (C=O) groups is 2. The molecule has 1 aromatic rings. The average molecular weight is 249 g/mol. The van der Waals surface area contributed by atoms with Crippen LogP contribution in [0.25, 0.3) is 0 Å². The first-order valence-corrected chi connectivity index (χ1v) is 6.08. The third-order valence-corrected chi connectivity index (χ3v) is 2.55. The van der Waals surface area contributed by atoms with Gasteiger partial charge in [-0.25, -0.2) is 0 Å². The Hall–Kier alpha value is -1.84. The van der Waals surface area contributed by atoms with E-state index in [-0.39, 0.29) is 18.3 Å². The van der Waals surface area contributed by atoms with E-state index in [1.165, 1.54) is 6.92 Å². The van der Waals surface area contributed by atoms with Crippen LogP contribution in [0.4, 0.5) is 0 Å². The summed E-state index contributed by atoms with van der Waals surface area (Å²) in [6.07, 6.45) is 0.236. The molecule has 0 aliphatic heterocycles. The molecule has 0 bridgehead atoms. The predicted molar refractivity (Wildman–Crippen MR) is 68.8 cm³/mol. The second kappa shape index (κ2) is 7.48. The number of carbonyl (C=O) groups excluding carboxylic acids is 2. The summed E-state index contributed by atoms with van der Waals surface area (Å²) in [6.45, 7) is 4.56. The van der Waals surface area contributed by atoms with Gasteiger partial charge < -0.3 is 9.64 Å². The number of rotatable bonds is 6. The Labute approximate surface area is 108 Å². The third-order valence-electron chi connectivity index (χ3n) is 2.55. The minimum Gasteiger partial charge on any atom is -0.466 e. The Morgan fingerprint density at radius 1 is 1.22 bits per heavy atom. The Balaban J connectivity index is 2.51. The first-order chi connectivity index (χ1) is 8.63. The van der Waals surface area contributed by atoms with E-state index in [0.717, 1.165) is 5.56 Å². The maximum atomic E-state index is 11.5. The fourth-order valence-corrected chi connectivity index (χ4v) is 1.61. The van der Waals surface area contributed by atoms with Gasteiger partial charge in [0.15, 0.2) is 0 Å². The van der Waals surface area contributed by atoms with Crippen molar-refractivity contribution in [3.05, 3.63) is 35.9 Å². The molecule has 0 unspecified atom stereocenters. The van der Waals surface area contributed by atoms with Crippen LogP contribution in [0.1, 0.15) is 25.8 Å². The van der Waals surface area contributed by atoms with Crippen molar-refractivity contribution in [2.45, 2.75) is 26.8 Å². The summed E-state index contributed by atoms with van der Waals surface area (Å²) in [5, 5.41) is 0. The molecule has 0 aliphatic carbocycles. The second-order valence-corrected chi connectivity index (χ2v) is 3.98. The van der Waals surface area contributed by atoms with Gasteiger partial charge in [-0.15, -0.1) is 0 Å². The van der Waals surface area contributed by atoms with Crippen LogP contribution in [0.3, 0.4) is 0 Å². The summed E-state index contributed by atoms with van der Waals surface area (Å²) >= 11 is 0. The smallest absolute Gasteiger partial charge is 0.307 e. The minimum atomic E-state index is -0.267. The number of amides is 1.